The van der Waals surface area contributed by atoms with Crippen LogP contribution >= 0.6 is 0 Å². The van der Waals surface area contributed by atoms with Crippen molar-refractivity contribution >= 4 is 22.9 Å². The molecule has 1 aliphatic heterocycles. The van der Waals surface area contributed by atoms with Gasteiger partial charge in [0.05, 0.1) is 12.8 Å². The number of aromatic hydroxyl groups is 2. The average molecular weight is 367 g/mol. The molecule has 0 radical (unpaired) electrons. The Morgan fingerprint density at radius 1 is 1.07 bits per heavy atom. The third kappa shape index (κ3) is 2.55. The quantitative estimate of drug-likeness (QED) is 0.688. The topological polar surface area (TPSA) is 88.5 Å². The molecule has 2 N–H and O–H groups in total. The van der Waals surface area contributed by atoms with Gasteiger partial charge in [-0.3, -0.25) is 4.79 Å². The molecule has 0 spiro atoms. The molecule has 7 nitrogen and oxygen atoms in total. The van der Waals surface area contributed by atoms with Crippen molar-refractivity contribution < 1.29 is 29.2 Å². The van der Waals surface area contributed by atoms with Gasteiger partial charge in [-0.2, -0.15) is 0 Å². The molecule has 0 saturated heterocycles. The maximum Gasteiger partial charge on any atom is 0.231 e. The molecule has 0 atom stereocenters. The van der Waals surface area contributed by atoms with Gasteiger partial charge in [0.2, 0.25) is 19.0 Å². The smallest absolute Gasteiger partial charge is 0.231 e. The summed E-state index contributed by atoms with van der Waals surface area (Å²) in [5.41, 5.74) is 1.61. The molecule has 0 saturated carbocycles. The van der Waals surface area contributed by atoms with Crippen molar-refractivity contribution in [2.24, 2.45) is 0 Å². The number of amides is 1. The largest absolute Gasteiger partial charge is 0.504 e. The summed E-state index contributed by atoms with van der Waals surface area (Å²) in [5.74, 6) is 0.821. The van der Waals surface area contributed by atoms with Gasteiger partial charge in [-0.25, -0.2) is 0 Å². The Labute approximate surface area is 154 Å². The number of benzene rings is 3. The van der Waals surface area contributed by atoms with Crippen LogP contribution in [0, 0.1) is 0 Å². The molecule has 7 heteroatoms. The van der Waals surface area contributed by atoms with Crippen molar-refractivity contribution in [2.75, 3.05) is 25.9 Å². The second-order valence-electron chi connectivity index (χ2n) is 6.12. The van der Waals surface area contributed by atoms with Crippen molar-refractivity contribution in [3.05, 3.63) is 36.4 Å². The van der Waals surface area contributed by atoms with E-state index < -0.39 is 0 Å². The van der Waals surface area contributed by atoms with Gasteiger partial charge < -0.3 is 29.3 Å². The van der Waals surface area contributed by atoms with E-state index in [1.165, 1.54) is 18.1 Å². The minimum absolute atomic E-state index is 0.0296. The van der Waals surface area contributed by atoms with Gasteiger partial charge in [0.15, 0.2) is 23.0 Å². The van der Waals surface area contributed by atoms with Gasteiger partial charge in [-0.05, 0) is 29.7 Å². The Morgan fingerprint density at radius 3 is 2.48 bits per heavy atom. The normalized spacial score (nSPS) is 12.2. The summed E-state index contributed by atoms with van der Waals surface area (Å²) in [5, 5.41) is 22.1. The summed E-state index contributed by atoms with van der Waals surface area (Å²) in [6.45, 7) is 0.146. The van der Waals surface area contributed by atoms with E-state index in [0.29, 0.717) is 34.7 Å². The van der Waals surface area contributed by atoms with Crippen LogP contribution in [0.15, 0.2) is 36.4 Å². The van der Waals surface area contributed by atoms with Crippen LogP contribution in [0.3, 0.4) is 0 Å². The number of anilines is 1. The minimum atomic E-state index is -0.210. The van der Waals surface area contributed by atoms with Gasteiger partial charge in [-0.15, -0.1) is 0 Å². The van der Waals surface area contributed by atoms with Crippen molar-refractivity contribution in [2.45, 2.75) is 0 Å². The molecule has 0 bridgehead atoms. The Hall–Kier alpha value is -3.61. The molecule has 0 fully saturated rings. The number of nitrogens with zero attached hydrogens (tertiary/aromatic N) is 1. The highest BCUT2D eigenvalue weighted by molar-refractivity contribution is 6.07. The lowest BCUT2D eigenvalue weighted by atomic mass is 9.96. The molecule has 1 amide bonds. The van der Waals surface area contributed by atoms with Crippen LogP contribution < -0.4 is 19.1 Å². The first-order valence-electron chi connectivity index (χ1n) is 8.19. The van der Waals surface area contributed by atoms with Crippen molar-refractivity contribution in [3.8, 4) is 39.9 Å². The summed E-state index contributed by atoms with van der Waals surface area (Å²) in [6.07, 6.45) is 0.692. The zero-order valence-electron chi connectivity index (χ0n) is 14.7. The fourth-order valence-electron chi connectivity index (χ4n) is 3.33. The lowest BCUT2D eigenvalue weighted by molar-refractivity contribution is -0.107. The van der Waals surface area contributed by atoms with E-state index >= 15 is 0 Å². The molecule has 138 valence electrons. The Bertz CT molecular complexity index is 1060. The summed E-state index contributed by atoms with van der Waals surface area (Å²) in [7, 11) is 2.99. The highest BCUT2D eigenvalue weighted by Crippen LogP contribution is 2.48. The number of methoxy groups -OCH3 is 1. The number of carbonyl (C=O) groups excluding carboxylic acids is 1. The molecular weight excluding hydrogens is 350 g/mol. The number of ether oxygens (including phenoxy) is 3. The third-order valence-electron chi connectivity index (χ3n) is 4.60. The van der Waals surface area contributed by atoms with Gasteiger partial charge in [0.25, 0.3) is 0 Å². The highest BCUT2D eigenvalue weighted by atomic mass is 16.7. The number of carbonyl (C=O) groups is 1. The van der Waals surface area contributed by atoms with Crippen molar-refractivity contribution in [3.63, 3.8) is 0 Å². The first kappa shape index (κ1) is 16.8. The van der Waals surface area contributed by atoms with Crippen molar-refractivity contribution in [1.29, 1.82) is 0 Å². The van der Waals surface area contributed by atoms with Crippen LogP contribution in [0.4, 0.5) is 5.69 Å². The molecular formula is C20H17NO6. The molecule has 27 heavy (non-hydrogen) atoms. The summed E-state index contributed by atoms with van der Waals surface area (Å²) >= 11 is 0. The zero-order chi connectivity index (χ0) is 19.1. The van der Waals surface area contributed by atoms with Gasteiger partial charge >= 0.3 is 0 Å². The predicted molar refractivity (Wildman–Crippen MR) is 99.9 cm³/mol. The van der Waals surface area contributed by atoms with Crippen LogP contribution in [0.5, 0.6) is 28.7 Å². The van der Waals surface area contributed by atoms with Crippen LogP contribution in [0.25, 0.3) is 21.9 Å². The fraction of sp³-hybridized carbons (Fsp3) is 0.150. The van der Waals surface area contributed by atoms with E-state index in [4.69, 9.17) is 14.2 Å². The lowest BCUT2D eigenvalue weighted by Crippen LogP contribution is -2.15. The first-order valence-corrected chi connectivity index (χ1v) is 8.19. The monoisotopic (exact) mass is 367 g/mol. The number of hydrogen-bond acceptors (Lipinski definition) is 6. The molecule has 0 aromatic heterocycles. The van der Waals surface area contributed by atoms with Crippen molar-refractivity contribution in [1.82, 2.24) is 0 Å². The average Bonchev–Trinajstić information content (AvgIpc) is 3.13. The first-order chi connectivity index (χ1) is 13.0. The molecule has 3 aromatic rings. The number of phenols is 2. The Balaban J connectivity index is 2.04. The molecule has 4 rings (SSSR count). The van der Waals surface area contributed by atoms with E-state index in [9.17, 15) is 15.0 Å². The second-order valence-corrected chi connectivity index (χ2v) is 6.12. The van der Waals surface area contributed by atoms with Gasteiger partial charge in [0.1, 0.15) is 0 Å². The standard InChI is InChI=1S/C20H17NO6/c1-21(9-22)18-12(13-5-6-15(23)20(25-2)19(13)24)4-3-11-7-16-17(8-14(11)18)27-10-26-16/h3-9,23-24H,10H2,1-2H3. The molecule has 1 aliphatic rings. The molecule has 1 heterocycles. The second kappa shape index (κ2) is 6.28. The SMILES string of the molecule is COc1c(O)ccc(-c2ccc3cc4c(cc3c2N(C)C=O)OCO4)c1O. The maximum atomic E-state index is 11.6. The zero-order valence-corrected chi connectivity index (χ0v) is 14.7. The van der Waals surface area contributed by atoms with Crippen LogP contribution in [0.1, 0.15) is 0 Å². The van der Waals surface area contributed by atoms with E-state index in [1.807, 2.05) is 18.2 Å². The number of hydrogen-bond donors (Lipinski definition) is 2. The highest BCUT2D eigenvalue weighted by Gasteiger charge is 2.22. The minimum Gasteiger partial charge on any atom is -0.504 e. The van der Waals surface area contributed by atoms with Gasteiger partial charge in [0, 0.05) is 23.6 Å². The number of phenolic OH excluding ortho intramolecular Hbond substituents is 2. The van der Waals surface area contributed by atoms with E-state index in [-0.39, 0.29) is 24.0 Å². The number of fused-ring (bicyclic) bond motifs is 2. The Kier molecular flexibility index (Phi) is 3.92. The fourth-order valence-corrected chi connectivity index (χ4v) is 3.33. The summed E-state index contributed by atoms with van der Waals surface area (Å²) in [4.78, 5) is 13.0. The molecule has 0 aliphatic carbocycles. The van der Waals surface area contributed by atoms with Crippen LogP contribution in [0.2, 0.25) is 0 Å². The van der Waals surface area contributed by atoms with E-state index in [2.05, 4.69) is 0 Å². The summed E-state index contributed by atoms with van der Waals surface area (Å²) in [6, 6.07) is 10.3. The maximum absolute atomic E-state index is 11.6. The predicted octanol–water partition coefficient (Wildman–Crippen LogP) is 3.25. The number of rotatable bonds is 4. The molecule has 0 unspecified atom stereocenters. The van der Waals surface area contributed by atoms with Crippen LogP contribution in [-0.4, -0.2) is 37.6 Å². The van der Waals surface area contributed by atoms with Crippen LogP contribution in [-0.2, 0) is 4.79 Å². The van der Waals surface area contributed by atoms with Gasteiger partial charge in [-0.1, -0.05) is 12.1 Å². The molecule has 3 aromatic carbocycles. The van der Waals surface area contributed by atoms with E-state index in [1.54, 1.807) is 19.2 Å². The third-order valence-corrected chi connectivity index (χ3v) is 4.60. The Morgan fingerprint density at radius 2 is 1.78 bits per heavy atom. The van der Waals surface area contributed by atoms with E-state index in [0.717, 1.165) is 10.8 Å². The summed E-state index contributed by atoms with van der Waals surface area (Å²) < 4.78 is 16.0. The lowest BCUT2D eigenvalue weighted by Gasteiger charge is -2.21.